The monoisotopic (exact) mass is 422 g/mol. The number of pyridine rings is 1. The molecule has 0 bridgehead atoms. The van der Waals surface area contributed by atoms with E-state index in [4.69, 9.17) is 0 Å². The van der Waals surface area contributed by atoms with Gasteiger partial charge in [-0.25, -0.2) is 9.97 Å². The standard InChI is InChI=1S/C21H18N4O2S2/c26-18(22-12-10-16-8-5-13-28-16)14-29-21-24-19-17(9-4-11-23-19)20(27)25(21)15-6-2-1-3-7-15/h1-9,11,13H,10,12,14H2,(H,22,26). The number of hydrogen-bond acceptors (Lipinski definition) is 6. The summed E-state index contributed by atoms with van der Waals surface area (Å²) in [5.74, 6) is 0.0729. The van der Waals surface area contributed by atoms with Crippen LogP contribution in [0.4, 0.5) is 0 Å². The van der Waals surface area contributed by atoms with Crippen LogP contribution in [-0.4, -0.2) is 32.7 Å². The van der Waals surface area contributed by atoms with E-state index in [0.717, 1.165) is 6.42 Å². The Bertz CT molecular complexity index is 1170. The van der Waals surface area contributed by atoms with Crippen molar-refractivity contribution in [1.29, 1.82) is 0 Å². The zero-order chi connectivity index (χ0) is 20.1. The maximum atomic E-state index is 13.1. The van der Waals surface area contributed by atoms with E-state index in [1.165, 1.54) is 21.2 Å². The van der Waals surface area contributed by atoms with Gasteiger partial charge in [0.2, 0.25) is 5.91 Å². The Hall–Kier alpha value is -2.97. The first-order valence-corrected chi connectivity index (χ1v) is 10.9. The van der Waals surface area contributed by atoms with Gasteiger partial charge >= 0.3 is 0 Å². The number of benzene rings is 1. The third-order valence-electron chi connectivity index (χ3n) is 4.23. The Morgan fingerprint density at radius 1 is 1.10 bits per heavy atom. The summed E-state index contributed by atoms with van der Waals surface area (Å²) in [6.07, 6.45) is 2.41. The molecule has 3 aromatic heterocycles. The average molecular weight is 423 g/mol. The number of nitrogens with zero attached hydrogens (tertiary/aromatic N) is 3. The number of carbonyl (C=O) groups is 1. The Kier molecular flexibility index (Phi) is 6.02. The Labute approximate surface area is 175 Å². The van der Waals surface area contributed by atoms with Crippen LogP contribution in [0, 0.1) is 0 Å². The van der Waals surface area contributed by atoms with Gasteiger partial charge in [-0.3, -0.25) is 14.2 Å². The number of para-hydroxylation sites is 1. The summed E-state index contributed by atoms with van der Waals surface area (Å²) in [7, 11) is 0. The molecule has 0 aliphatic rings. The van der Waals surface area contributed by atoms with Crippen molar-refractivity contribution >= 4 is 40.0 Å². The second-order valence-corrected chi connectivity index (χ2v) is 8.19. The summed E-state index contributed by atoms with van der Waals surface area (Å²) in [4.78, 5) is 35.3. The molecule has 0 unspecified atom stereocenters. The minimum atomic E-state index is -0.199. The number of aromatic nitrogens is 3. The highest BCUT2D eigenvalue weighted by atomic mass is 32.2. The lowest BCUT2D eigenvalue weighted by Gasteiger charge is -2.12. The van der Waals surface area contributed by atoms with Crippen LogP contribution in [0.1, 0.15) is 4.88 Å². The molecule has 0 radical (unpaired) electrons. The molecule has 0 saturated carbocycles. The predicted octanol–water partition coefficient (Wildman–Crippen LogP) is 3.29. The Morgan fingerprint density at radius 2 is 1.97 bits per heavy atom. The molecular weight excluding hydrogens is 404 g/mol. The van der Waals surface area contributed by atoms with Gasteiger partial charge in [-0.1, -0.05) is 36.0 Å². The predicted molar refractivity (Wildman–Crippen MR) is 117 cm³/mol. The zero-order valence-electron chi connectivity index (χ0n) is 15.4. The van der Waals surface area contributed by atoms with Gasteiger partial charge in [0.1, 0.15) is 0 Å². The minimum Gasteiger partial charge on any atom is -0.355 e. The summed E-state index contributed by atoms with van der Waals surface area (Å²) >= 11 is 2.90. The molecule has 0 aliphatic carbocycles. The van der Waals surface area contributed by atoms with Crippen molar-refractivity contribution in [2.45, 2.75) is 11.6 Å². The summed E-state index contributed by atoms with van der Waals surface area (Å²) < 4.78 is 1.54. The van der Waals surface area contributed by atoms with Crippen molar-refractivity contribution in [2.24, 2.45) is 0 Å². The largest absolute Gasteiger partial charge is 0.355 e. The van der Waals surface area contributed by atoms with E-state index in [1.807, 2.05) is 41.8 Å². The van der Waals surface area contributed by atoms with Crippen LogP contribution in [-0.2, 0) is 11.2 Å². The molecule has 3 heterocycles. The molecule has 6 nitrogen and oxygen atoms in total. The second kappa shape index (κ2) is 9.02. The van der Waals surface area contributed by atoms with Crippen molar-refractivity contribution in [2.75, 3.05) is 12.3 Å². The van der Waals surface area contributed by atoms with Gasteiger partial charge in [0.05, 0.1) is 16.8 Å². The number of thioether (sulfide) groups is 1. The topological polar surface area (TPSA) is 76.9 Å². The van der Waals surface area contributed by atoms with Gasteiger partial charge in [-0.05, 0) is 42.1 Å². The highest BCUT2D eigenvalue weighted by Gasteiger charge is 2.15. The molecule has 8 heteroatoms. The second-order valence-electron chi connectivity index (χ2n) is 6.21. The molecule has 1 N–H and O–H groups in total. The molecule has 0 atom stereocenters. The van der Waals surface area contributed by atoms with Gasteiger partial charge in [-0.2, -0.15) is 0 Å². The van der Waals surface area contributed by atoms with Crippen LogP contribution in [0.25, 0.3) is 16.7 Å². The highest BCUT2D eigenvalue weighted by molar-refractivity contribution is 7.99. The molecule has 0 aliphatic heterocycles. The first kappa shape index (κ1) is 19.4. The van der Waals surface area contributed by atoms with Gasteiger partial charge in [0.15, 0.2) is 10.8 Å². The van der Waals surface area contributed by atoms with E-state index in [2.05, 4.69) is 21.4 Å². The van der Waals surface area contributed by atoms with E-state index in [1.54, 1.807) is 29.7 Å². The van der Waals surface area contributed by atoms with Gasteiger partial charge in [0.25, 0.3) is 5.56 Å². The van der Waals surface area contributed by atoms with Crippen LogP contribution in [0.5, 0.6) is 0 Å². The molecule has 4 aromatic rings. The Morgan fingerprint density at radius 3 is 2.76 bits per heavy atom. The van der Waals surface area contributed by atoms with Crippen molar-refractivity contribution < 1.29 is 4.79 Å². The fraction of sp³-hybridized carbons (Fsp3) is 0.143. The molecule has 4 rings (SSSR count). The van der Waals surface area contributed by atoms with E-state index in [0.29, 0.717) is 28.4 Å². The van der Waals surface area contributed by atoms with Crippen molar-refractivity contribution in [3.8, 4) is 5.69 Å². The first-order chi connectivity index (χ1) is 14.2. The van der Waals surface area contributed by atoms with Crippen molar-refractivity contribution in [1.82, 2.24) is 19.9 Å². The lowest BCUT2D eigenvalue weighted by atomic mass is 10.3. The number of amides is 1. The number of rotatable bonds is 7. The van der Waals surface area contributed by atoms with E-state index < -0.39 is 0 Å². The smallest absolute Gasteiger partial charge is 0.268 e. The minimum absolute atomic E-state index is 0.0958. The van der Waals surface area contributed by atoms with Crippen LogP contribution >= 0.6 is 23.1 Å². The number of fused-ring (bicyclic) bond motifs is 1. The lowest BCUT2D eigenvalue weighted by molar-refractivity contribution is -0.118. The van der Waals surface area contributed by atoms with Crippen LogP contribution in [0.15, 0.2) is 76.1 Å². The van der Waals surface area contributed by atoms with Crippen LogP contribution < -0.4 is 10.9 Å². The molecule has 0 saturated heterocycles. The summed E-state index contributed by atoms with van der Waals surface area (Å²) in [6.45, 7) is 0.581. The SMILES string of the molecule is O=C(CSc1nc2ncccc2c(=O)n1-c1ccccc1)NCCc1cccs1. The maximum absolute atomic E-state index is 13.1. The Balaban J connectivity index is 1.54. The molecule has 0 spiro atoms. The maximum Gasteiger partial charge on any atom is 0.268 e. The highest BCUT2D eigenvalue weighted by Crippen LogP contribution is 2.20. The third kappa shape index (κ3) is 4.55. The number of thiophene rings is 1. The summed E-state index contributed by atoms with van der Waals surface area (Å²) in [5, 5.41) is 5.83. The third-order valence-corrected chi connectivity index (χ3v) is 6.11. The van der Waals surface area contributed by atoms with Crippen LogP contribution in [0.3, 0.4) is 0 Å². The normalized spacial score (nSPS) is 10.9. The fourth-order valence-corrected chi connectivity index (χ4v) is 4.40. The fourth-order valence-electron chi connectivity index (χ4n) is 2.86. The number of hydrogen-bond donors (Lipinski definition) is 1. The summed E-state index contributed by atoms with van der Waals surface area (Å²) in [5.41, 5.74) is 0.886. The number of nitrogens with one attached hydrogen (secondary N) is 1. The van der Waals surface area contributed by atoms with Crippen molar-refractivity contribution in [3.05, 3.63) is 81.4 Å². The van der Waals surface area contributed by atoms with Crippen molar-refractivity contribution in [3.63, 3.8) is 0 Å². The van der Waals surface area contributed by atoms with E-state index >= 15 is 0 Å². The summed E-state index contributed by atoms with van der Waals surface area (Å²) in [6, 6.07) is 16.8. The van der Waals surface area contributed by atoms with Gasteiger partial charge < -0.3 is 5.32 Å². The van der Waals surface area contributed by atoms with Crippen LogP contribution in [0.2, 0.25) is 0 Å². The first-order valence-electron chi connectivity index (χ1n) is 9.07. The molecule has 146 valence electrons. The van der Waals surface area contributed by atoms with Gasteiger partial charge in [0, 0.05) is 17.6 Å². The molecular formula is C21H18N4O2S2. The zero-order valence-corrected chi connectivity index (χ0v) is 17.1. The molecule has 0 fully saturated rings. The lowest BCUT2D eigenvalue weighted by Crippen LogP contribution is -2.28. The average Bonchev–Trinajstić information content (AvgIpc) is 3.26. The van der Waals surface area contributed by atoms with Gasteiger partial charge in [-0.15, -0.1) is 11.3 Å². The van der Waals surface area contributed by atoms with E-state index in [9.17, 15) is 9.59 Å². The molecule has 1 amide bonds. The quantitative estimate of drug-likeness (QED) is 0.365. The molecule has 1 aromatic carbocycles. The molecule has 29 heavy (non-hydrogen) atoms. The van der Waals surface area contributed by atoms with E-state index in [-0.39, 0.29) is 17.2 Å². The number of carbonyl (C=O) groups excluding carboxylic acids is 1.